The van der Waals surface area contributed by atoms with Gasteiger partial charge in [0.15, 0.2) is 5.13 Å². The smallest absolute Gasteiger partial charge is 0.185 e. The number of rotatable bonds is 4. The first-order valence-corrected chi connectivity index (χ1v) is 9.18. The summed E-state index contributed by atoms with van der Waals surface area (Å²) in [6, 6.07) is 0.791. The predicted molar refractivity (Wildman–Crippen MR) is 90.0 cm³/mol. The summed E-state index contributed by atoms with van der Waals surface area (Å²) in [7, 11) is 2.29. The van der Waals surface area contributed by atoms with Crippen LogP contribution in [0.4, 0.5) is 5.13 Å². The van der Waals surface area contributed by atoms with E-state index in [0.717, 1.165) is 31.3 Å². The molecule has 2 aliphatic rings. The van der Waals surface area contributed by atoms with Crippen molar-refractivity contribution >= 4 is 16.5 Å². The SMILES string of the molecule is CCCc1nc(N2CCC3C(CCCN3C)C2)sc1CN. The van der Waals surface area contributed by atoms with Gasteiger partial charge in [0.1, 0.15) is 0 Å². The Morgan fingerprint density at radius 2 is 2.19 bits per heavy atom. The van der Waals surface area contributed by atoms with Gasteiger partial charge < -0.3 is 15.5 Å². The van der Waals surface area contributed by atoms with Crippen LogP contribution in [0.2, 0.25) is 0 Å². The average Bonchev–Trinajstić information content (AvgIpc) is 2.91. The minimum atomic E-state index is 0.635. The van der Waals surface area contributed by atoms with Crippen LogP contribution in [0.3, 0.4) is 0 Å². The van der Waals surface area contributed by atoms with E-state index in [9.17, 15) is 0 Å². The molecule has 0 radical (unpaired) electrons. The molecule has 0 aromatic carbocycles. The number of fused-ring (bicyclic) bond motifs is 1. The van der Waals surface area contributed by atoms with Crippen LogP contribution in [-0.4, -0.2) is 42.6 Å². The highest BCUT2D eigenvalue weighted by Crippen LogP contribution is 2.34. The number of likely N-dealkylation sites (tertiary alicyclic amines) is 1. The lowest BCUT2D eigenvalue weighted by Gasteiger charge is -2.45. The van der Waals surface area contributed by atoms with Gasteiger partial charge in [-0.25, -0.2) is 4.98 Å². The number of nitrogens with two attached hydrogens (primary N) is 1. The van der Waals surface area contributed by atoms with Gasteiger partial charge in [-0.2, -0.15) is 0 Å². The molecule has 0 amide bonds. The largest absolute Gasteiger partial charge is 0.348 e. The lowest BCUT2D eigenvalue weighted by molar-refractivity contribution is 0.102. The van der Waals surface area contributed by atoms with Crippen LogP contribution in [0.1, 0.15) is 43.2 Å². The quantitative estimate of drug-likeness (QED) is 0.928. The molecule has 2 aliphatic heterocycles. The third kappa shape index (κ3) is 3.10. The first-order valence-electron chi connectivity index (χ1n) is 8.36. The number of anilines is 1. The Kier molecular flexibility index (Phi) is 4.82. The number of piperidine rings is 2. The average molecular weight is 308 g/mol. The van der Waals surface area contributed by atoms with Gasteiger partial charge >= 0.3 is 0 Å². The fourth-order valence-corrected chi connectivity index (χ4v) is 4.94. The summed E-state index contributed by atoms with van der Waals surface area (Å²) < 4.78 is 0. The summed E-state index contributed by atoms with van der Waals surface area (Å²) in [5.74, 6) is 0.817. The molecular weight excluding hydrogens is 280 g/mol. The summed E-state index contributed by atoms with van der Waals surface area (Å²) in [4.78, 5) is 11.3. The van der Waals surface area contributed by atoms with Crippen LogP contribution in [0.25, 0.3) is 0 Å². The van der Waals surface area contributed by atoms with Gasteiger partial charge in [-0.3, -0.25) is 0 Å². The molecule has 0 spiro atoms. The first kappa shape index (κ1) is 15.3. The van der Waals surface area contributed by atoms with Crippen molar-refractivity contribution in [3.8, 4) is 0 Å². The molecule has 2 atom stereocenters. The van der Waals surface area contributed by atoms with E-state index in [4.69, 9.17) is 10.7 Å². The molecule has 1 aromatic heterocycles. The van der Waals surface area contributed by atoms with E-state index in [2.05, 4.69) is 23.8 Å². The van der Waals surface area contributed by atoms with Crippen LogP contribution in [-0.2, 0) is 13.0 Å². The highest BCUT2D eigenvalue weighted by molar-refractivity contribution is 7.15. The summed E-state index contributed by atoms with van der Waals surface area (Å²) in [5, 5.41) is 1.21. The van der Waals surface area contributed by atoms with E-state index in [0.29, 0.717) is 6.54 Å². The lowest BCUT2D eigenvalue weighted by atomic mass is 9.84. The fourth-order valence-electron chi connectivity index (χ4n) is 3.92. The van der Waals surface area contributed by atoms with E-state index < -0.39 is 0 Å². The molecule has 1 aromatic rings. The number of hydrogen-bond donors (Lipinski definition) is 1. The zero-order valence-electron chi connectivity index (χ0n) is 13.3. The van der Waals surface area contributed by atoms with E-state index in [1.54, 1.807) is 0 Å². The van der Waals surface area contributed by atoms with E-state index in [1.807, 2.05) is 11.3 Å². The molecular formula is C16H28N4S. The molecule has 3 heterocycles. The van der Waals surface area contributed by atoms with E-state index >= 15 is 0 Å². The topological polar surface area (TPSA) is 45.4 Å². The lowest BCUT2D eigenvalue weighted by Crippen LogP contribution is -2.52. The monoisotopic (exact) mass is 308 g/mol. The molecule has 0 bridgehead atoms. The fraction of sp³-hybridized carbons (Fsp3) is 0.812. The van der Waals surface area contributed by atoms with Crippen molar-refractivity contribution in [1.29, 1.82) is 0 Å². The Morgan fingerprint density at radius 1 is 1.33 bits per heavy atom. The number of nitrogens with zero attached hydrogens (tertiary/aromatic N) is 3. The Labute approximate surface area is 132 Å². The maximum atomic E-state index is 5.89. The zero-order valence-corrected chi connectivity index (χ0v) is 14.2. The summed E-state index contributed by atoms with van der Waals surface area (Å²) >= 11 is 1.82. The second-order valence-electron chi connectivity index (χ2n) is 6.51. The van der Waals surface area contributed by atoms with Crippen LogP contribution in [0, 0.1) is 5.92 Å². The molecule has 2 saturated heterocycles. The molecule has 21 heavy (non-hydrogen) atoms. The standard InChI is InChI=1S/C16H28N4S/c1-3-5-13-15(10-17)21-16(18-13)20-9-7-14-12(11-20)6-4-8-19(14)2/h12,14H,3-11,17H2,1-2H3. The van der Waals surface area contributed by atoms with Gasteiger partial charge in [0.2, 0.25) is 0 Å². The van der Waals surface area contributed by atoms with Gasteiger partial charge in [0, 0.05) is 30.6 Å². The molecule has 118 valence electrons. The molecule has 2 unspecified atom stereocenters. The maximum absolute atomic E-state index is 5.89. The Morgan fingerprint density at radius 3 is 2.95 bits per heavy atom. The second-order valence-corrected chi connectivity index (χ2v) is 7.57. The third-order valence-corrected chi connectivity index (χ3v) is 6.24. The van der Waals surface area contributed by atoms with Crippen molar-refractivity contribution in [1.82, 2.24) is 9.88 Å². The molecule has 2 N–H and O–H groups in total. The highest BCUT2D eigenvalue weighted by atomic mass is 32.1. The van der Waals surface area contributed by atoms with Crippen LogP contribution < -0.4 is 10.6 Å². The van der Waals surface area contributed by atoms with Crippen molar-refractivity contribution in [2.24, 2.45) is 11.7 Å². The summed E-state index contributed by atoms with van der Waals surface area (Å²) in [6.07, 6.45) is 6.21. The highest BCUT2D eigenvalue weighted by Gasteiger charge is 2.35. The van der Waals surface area contributed by atoms with Crippen LogP contribution in [0.5, 0.6) is 0 Å². The third-order valence-electron chi connectivity index (χ3n) is 5.06. The normalized spacial score (nSPS) is 26.9. The second kappa shape index (κ2) is 6.63. The summed E-state index contributed by atoms with van der Waals surface area (Å²) in [6.45, 7) is 6.45. The van der Waals surface area contributed by atoms with Gasteiger partial charge in [0.05, 0.1) is 5.69 Å². The van der Waals surface area contributed by atoms with Crippen LogP contribution in [0.15, 0.2) is 0 Å². The Hall–Kier alpha value is -0.650. The summed E-state index contributed by atoms with van der Waals surface area (Å²) in [5.41, 5.74) is 7.13. The molecule has 0 saturated carbocycles. The predicted octanol–water partition coefficient (Wildman–Crippen LogP) is 2.47. The first-order chi connectivity index (χ1) is 10.2. The number of aromatic nitrogens is 1. The molecule has 4 nitrogen and oxygen atoms in total. The van der Waals surface area contributed by atoms with Crippen molar-refractivity contribution in [2.75, 3.05) is 31.6 Å². The molecule has 3 rings (SSSR count). The van der Waals surface area contributed by atoms with Gasteiger partial charge in [-0.05, 0) is 45.2 Å². The van der Waals surface area contributed by atoms with Crippen LogP contribution >= 0.6 is 11.3 Å². The van der Waals surface area contributed by atoms with Crippen molar-refractivity contribution in [2.45, 2.75) is 51.6 Å². The minimum absolute atomic E-state index is 0.635. The van der Waals surface area contributed by atoms with E-state index in [-0.39, 0.29) is 0 Å². The number of hydrogen-bond acceptors (Lipinski definition) is 5. The number of aryl methyl sites for hydroxylation is 1. The molecule has 0 aliphatic carbocycles. The van der Waals surface area contributed by atoms with Gasteiger partial charge in [0.25, 0.3) is 0 Å². The maximum Gasteiger partial charge on any atom is 0.185 e. The Balaban J connectivity index is 1.73. The van der Waals surface area contributed by atoms with Crippen molar-refractivity contribution < 1.29 is 0 Å². The molecule has 5 heteroatoms. The van der Waals surface area contributed by atoms with Gasteiger partial charge in [-0.1, -0.05) is 13.3 Å². The van der Waals surface area contributed by atoms with Gasteiger partial charge in [-0.15, -0.1) is 11.3 Å². The van der Waals surface area contributed by atoms with Crippen molar-refractivity contribution in [3.63, 3.8) is 0 Å². The Bertz CT molecular complexity index is 473. The molecule has 2 fully saturated rings. The number of thiazole rings is 1. The minimum Gasteiger partial charge on any atom is -0.348 e. The zero-order chi connectivity index (χ0) is 14.8. The van der Waals surface area contributed by atoms with E-state index in [1.165, 1.54) is 48.1 Å². The van der Waals surface area contributed by atoms with Crippen molar-refractivity contribution in [3.05, 3.63) is 10.6 Å².